The van der Waals surface area contributed by atoms with E-state index >= 15 is 0 Å². The average Bonchev–Trinajstić information content (AvgIpc) is 3.12. The number of carbonyl (C=O) groups is 1. The second-order valence-electron chi connectivity index (χ2n) is 13.6. The minimum absolute atomic E-state index is 0.0103. The lowest BCUT2D eigenvalue weighted by Crippen LogP contribution is -2.45. The summed E-state index contributed by atoms with van der Waals surface area (Å²) in [5, 5.41) is 12.6. The van der Waals surface area contributed by atoms with Crippen LogP contribution in [0.4, 0.5) is 5.69 Å². The fraction of sp³-hybridized carbons (Fsp3) is 0.548. The number of nitrogens with one attached hydrogen (secondary N) is 1. The second kappa shape index (κ2) is 21.1. The number of aliphatic hydroxyl groups is 1. The van der Waals surface area contributed by atoms with Gasteiger partial charge in [-0.3, -0.25) is 4.79 Å². The molecule has 0 radical (unpaired) electrons. The lowest BCUT2D eigenvalue weighted by atomic mass is 9.90. The van der Waals surface area contributed by atoms with Crippen molar-refractivity contribution in [1.82, 2.24) is 4.90 Å². The average molecular weight is 657 g/mol. The number of aliphatic hydroxyl groups excluding tert-OH is 1. The standard InChI is InChI=1S/C42H60N2O4/c1-4-6-8-10-12-17-29-44(30-18-13-11-9-7-5-2)31-39-33(3)40(35-23-21-34(32-45)22-24-35)48-42(47-39)37-25-27-38(28-26-37)43-41(46)36-19-15-14-16-20-36/h14-16,19-28,33,39-40,42,45H,4-13,17-18,29-32H2,1-3H3,(H,43,46)/t33-,39+,40+,42+/m0/s1. The summed E-state index contributed by atoms with van der Waals surface area (Å²) in [5.74, 6) is 0.00637. The van der Waals surface area contributed by atoms with Crippen molar-refractivity contribution >= 4 is 11.6 Å². The summed E-state index contributed by atoms with van der Waals surface area (Å²) in [4.78, 5) is 15.4. The highest BCUT2D eigenvalue weighted by molar-refractivity contribution is 6.04. The van der Waals surface area contributed by atoms with Gasteiger partial charge in [0.2, 0.25) is 0 Å². The summed E-state index contributed by atoms with van der Waals surface area (Å²) in [6.45, 7) is 9.90. The summed E-state index contributed by atoms with van der Waals surface area (Å²) < 4.78 is 13.6. The summed E-state index contributed by atoms with van der Waals surface area (Å²) in [5.41, 5.74) is 4.28. The molecule has 4 atom stereocenters. The van der Waals surface area contributed by atoms with Gasteiger partial charge >= 0.3 is 0 Å². The molecule has 6 heteroatoms. The zero-order valence-corrected chi connectivity index (χ0v) is 29.7. The van der Waals surface area contributed by atoms with E-state index in [0.717, 1.165) is 42.0 Å². The van der Waals surface area contributed by atoms with Crippen molar-refractivity contribution in [1.29, 1.82) is 0 Å². The minimum Gasteiger partial charge on any atom is -0.392 e. The SMILES string of the molecule is CCCCCCCCN(CCCCCCCC)C[C@H]1O[C@@H](c2ccc(NC(=O)c3ccccc3)cc2)O[C@@H](c2ccc(CO)cc2)[C@H]1C. The normalized spacial score (nSPS) is 19.4. The van der Waals surface area contributed by atoms with E-state index in [-0.39, 0.29) is 30.6 Å². The highest BCUT2D eigenvalue weighted by atomic mass is 16.7. The molecule has 2 N–H and O–H groups in total. The maximum absolute atomic E-state index is 12.7. The molecule has 1 amide bonds. The van der Waals surface area contributed by atoms with Crippen molar-refractivity contribution in [3.63, 3.8) is 0 Å². The van der Waals surface area contributed by atoms with Crippen LogP contribution in [0.25, 0.3) is 0 Å². The number of hydrogen-bond acceptors (Lipinski definition) is 5. The van der Waals surface area contributed by atoms with Crippen LogP contribution < -0.4 is 5.32 Å². The summed E-state index contributed by atoms with van der Waals surface area (Å²) in [6.07, 6.45) is 14.9. The predicted molar refractivity (Wildman–Crippen MR) is 197 cm³/mol. The summed E-state index contributed by atoms with van der Waals surface area (Å²) >= 11 is 0. The number of nitrogens with zero attached hydrogens (tertiary/aromatic N) is 1. The van der Waals surface area contributed by atoms with Gasteiger partial charge in [-0.05, 0) is 61.3 Å². The maximum atomic E-state index is 12.7. The molecule has 0 spiro atoms. The fourth-order valence-corrected chi connectivity index (χ4v) is 6.62. The number of amides is 1. The Labute approximate surface area is 290 Å². The summed E-state index contributed by atoms with van der Waals surface area (Å²) in [6, 6.07) is 25.2. The van der Waals surface area contributed by atoms with Crippen molar-refractivity contribution in [3.8, 4) is 0 Å². The van der Waals surface area contributed by atoms with Crippen LogP contribution in [0.1, 0.15) is 137 Å². The monoisotopic (exact) mass is 656 g/mol. The van der Waals surface area contributed by atoms with Gasteiger partial charge in [0.05, 0.1) is 18.8 Å². The van der Waals surface area contributed by atoms with Crippen molar-refractivity contribution in [2.24, 2.45) is 5.92 Å². The Morgan fingerprint density at radius 2 is 1.27 bits per heavy atom. The largest absolute Gasteiger partial charge is 0.392 e. The Morgan fingerprint density at radius 1 is 0.708 bits per heavy atom. The molecule has 1 aliphatic rings. The molecule has 1 saturated heterocycles. The molecule has 0 saturated carbocycles. The predicted octanol–water partition coefficient (Wildman–Crippen LogP) is 10.2. The highest BCUT2D eigenvalue weighted by Gasteiger charge is 2.39. The highest BCUT2D eigenvalue weighted by Crippen LogP contribution is 2.42. The number of benzene rings is 3. The molecular weight excluding hydrogens is 596 g/mol. The van der Waals surface area contributed by atoms with Gasteiger partial charge in [-0.1, -0.05) is 140 Å². The Morgan fingerprint density at radius 3 is 1.85 bits per heavy atom. The first-order valence-corrected chi connectivity index (χ1v) is 18.7. The molecule has 1 aliphatic heterocycles. The number of carbonyl (C=O) groups excluding carboxylic acids is 1. The van der Waals surface area contributed by atoms with Gasteiger partial charge in [0.15, 0.2) is 6.29 Å². The molecule has 0 bridgehead atoms. The smallest absolute Gasteiger partial charge is 0.255 e. The van der Waals surface area contributed by atoms with Crippen LogP contribution in [-0.2, 0) is 16.1 Å². The Hall–Kier alpha value is -3.03. The van der Waals surface area contributed by atoms with Gasteiger partial charge in [-0.2, -0.15) is 0 Å². The Bertz CT molecular complexity index is 1280. The zero-order valence-electron chi connectivity index (χ0n) is 29.7. The van der Waals surface area contributed by atoms with Crippen LogP contribution in [0.5, 0.6) is 0 Å². The van der Waals surface area contributed by atoms with Crippen molar-refractivity contribution < 1.29 is 19.4 Å². The van der Waals surface area contributed by atoms with Crippen LogP contribution >= 0.6 is 0 Å². The number of hydrogen-bond donors (Lipinski definition) is 2. The van der Waals surface area contributed by atoms with Gasteiger partial charge < -0.3 is 24.8 Å². The van der Waals surface area contributed by atoms with Gasteiger partial charge in [-0.25, -0.2) is 0 Å². The van der Waals surface area contributed by atoms with Gasteiger partial charge in [0.25, 0.3) is 5.91 Å². The lowest BCUT2D eigenvalue weighted by Gasteiger charge is -2.43. The number of anilines is 1. The van der Waals surface area contributed by atoms with Crippen molar-refractivity contribution in [2.75, 3.05) is 25.0 Å². The van der Waals surface area contributed by atoms with E-state index in [1.807, 2.05) is 66.7 Å². The van der Waals surface area contributed by atoms with E-state index in [0.29, 0.717) is 5.56 Å². The van der Waals surface area contributed by atoms with Crippen molar-refractivity contribution in [3.05, 3.63) is 101 Å². The molecule has 0 aromatic heterocycles. The number of ether oxygens (including phenoxy) is 2. The van der Waals surface area contributed by atoms with E-state index in [1.54, 1.807) is 0 Å². The van der Waals surface area contributed by atoms with Crippen molar-refractivity contribution in [2.45, 2.75) is 123 Å². The molecule has 262 valence electrons. The fourth-order valence-electron chi connectivity index (χ4n) is 6.62. The third kappa shape index (κ3) is 12.1. The van der Waals surface area contributed by atoms with Gasteiger partial charge in [-0.15, -0.1) is 0 Å². The minimum atomic E-state index is -0.530. The van der Waals surface area contributed by atoms with Crippen LogP contribution in [0, 0.1) is 5.92 Å². The molecule has 3 aromatic rings. The van der Waals surface area contributed by atoms with Gasteiger partial charge in [0, 0.05) is 29.3 Å². The third-order valence-electron chi connectivity index (χ3n) is 9.69. The molecule has 6 nitrogen and oxygen atoms in total. The van der Waals surface area contributed by atoms with Gasteiger partial charge in [0.1, 0.15) is 0 Å². The topological polar surface area (TPSA) is 71.0 Å². The van der Waals surface area contributed by atoms with E-state index in [9.17, 15) is 9.90 Å². The summed E-state index contributed by atoms with van der Waals surface area (Å²) in [7, 11) is 0. The number of unbranched alkanes of at least 4 members (excludes halogenated alkanes) is 10. The number of rotatable bonds is 21. The lowest BCUT2D eigenvalue weighted by molar-refractivity contribution is -0.276. The van der Waals surface area contributed by atoms with E-state index in [2.05, 4.69) is 43.1 Å². The molecule has 3 aromatic carbocycles. The molecule has 0 aliphatic carbocycles. The Balaban J connectivity index is 1.48. The molecule has 48 heavy (non-hydrogen) atoms. The van der Waals surface area contributed by atoms with Crippen LogP contribution in [0.2, 0.25) is 0 Å². The third-order valence-corrected chi connectivity index (χ3v) is 9.69. The van der Waals surface area contributed by atoms with E-state index in [1.165, 1.54) is 77.0 Å². The maximum Gasteiger partial charge on any atom is 0.255 e. The first kappa shape index (κ1) is 37.8. The zero-order chi connectivity index (χ0) is 34.0. The molecule has 4 rings (SSSR count). The van der Waals surface area contributed by atoms with Crippen LogP contribution in [0.15, 0.2) is 78.9 Å². The van der Waals surface area contributed by atoms with Crippen LogP contribution in [0.3, 0.4) is 0 Å². The quantitative estimate of drug-likeness (QED) is 0.112. The second-order valence-corrected chi connectivity index (χ2v) is 13.6. The molecule has 1 fully saturated rings. The molecular formula is C42H60N2O4. The molecule has 0 unspecified atom stereocenters. The van der Waals surface area contributed by atoms with E-state index in [4.69, 9.17) is 9.47 Å². The van der Waals surface area contributed by atoms with E-state index < -0.39 is 6.29 Å². The van der Waals surface area contributed by atoms with Crippen LogP contribution in [-0.4, -0.2) is 41.7 Å². The Kier molecular flexibility index (Phi) is 16.6. The first-order chi connectivity index (χ1) is 23.5. The first-order valence-electron chi connectivity index (χ1n) is 18.7. The molecule has 1 heterocycles.